The third-order valence-electron chi connectivity index (χ3n) is 3.33. The first-order chi connectivity index (χ1) is 9.59. The van der Waals surface area contributed by atoms with E-state index in [0.29, 0.717) is 11.1 Å². The zero-order chi connectivity index (χ0) is 14.6. The third kappa shape index (κ3) is 2.74. The number of carbonyl (C=O) groups is 1. The highest BCUT2D eigenvalue weighted by Gasteiger charge is 2.38. The first-order valence-corrected chi connectivity index (χ1v) is 8.47. The predicted octanol–water partition coefficient (Wildman–Crippen LogP) is 3.90. The fraction of sp³-hybridized carbons (Fsp3) is 0.188. The Morgan fingerprint density at radius 1 is 1.05 bits per heavy atom. The molecule has 2 unspecified atom stereocenters. The van der Waals surface area contributed by atoms with Gasteiger partial charge in [-0.2, -0.15) is 0 Å². The molecule has 1 N–H and O–H groups in total. The lowest BCUT2D eigenvalue weighted by atomic mass is 10.2. The molecule has 0 bridgehead atoms. The lowest BCUT2D eigenvalue weighted by Gasteiger charge is -2.21. The van der Waals surface area contributed by atoms with Crippen molar-refractivity contribution in [3.8, 4) is 0 Å². The summed E-state index contributed by atoms with van der Waals surface area (Å²) in [4.78, 5) is 12.5. The fourth-order valence-electron chi connectivity index (χ4n) is 2.09. The van der Waals surface area contributed by atoms with Crippen LogP contribution in [0.5, 0.6) is 0 Å². The number of hydrogen-bond donors (Lipinski definition) is 1. The van der Waals surface area contributed by atoms with E-state index in [4.69, 9.17) is 0 Å². The zero-order valence-electron chi connectivity index (χ0n) is 11.3. The minimum Gasteiger partial charge on any atom is -0.380 e. The highest BCUT2D eigenvalue weighted by atomic mass is 31.2. The van der Waals surface area contributed by atoms with E-state index in [9.17, 15) is 14.5 Å². The second-order valence-electron chi connectivity index (χ2n) is 4.57. The molecule has 2 atom stereocenters. The summed E-state index contributed by atoms with van der Waals surface area (Å²) in [5.41, 5.74) is 0.437. The molecule has 0 spiro atoms. The van der Waals surface area contributed by atoms with Crippen LogP contribution in [0.3, 0.4) is 0 Å². The minimum absolute atomic E-state index is 0.136. The van der Waals surface area contributed by atoms with Crippen LogP contribution in [-0.4, -0.2) is 16.8 Å². The monoisotopic (exact) mass is 288 g/mol. The van der Waals surface area contributed by atoms with Gasteiger partial charge in [-0.15, -0.1) is 0 Å². The lowest BCUT2D eigenvalue weighted by Crippen LogP contribution is -2.11. The second-order valence-corrected chi connectivity index (χ2v) is 7.69. The maximum absolute atomic E-state index is 13.0. The Labute approximate surface area is 118 Å². The quantitative estimate of drug-likeness (QED) is 0.849. The van der Waals surface area contributed by atoms with Crippen LogP contribution < -0.4 is 0 Å². The summed E-state index contributed by atoms with van der Waals surface area (Å²) in [5.74, 6) is -1.25. The summed E-state index contributed by atoms with van der Waals surface area (Å²) in [6.07, 6.45) is 0.136. The predicted molar refractivity (Wildman–Crippen MR) is 80.3 cm³/mol. The number of benzene rings is 2. The molecule has 0 saturated carbocycles. The molecular weight excluding hydrogens is 271 g/mol. The van der Waals surface area contributed by atoms with Gasteiger partial charge in [-0.1, -0.05) is 67.6 Å². The van der Waals surface area contributed by atoms with E-state index in [1.54, 1.807) is 61.5 Å². The fourth-order valence-corrected chi connectivity index (χ4v) is 4.19. The van der Waals surface area contributed by atoms with E-state index in [1.807, 2.05) is 6.07 Å². The molecule has 4 heteroatoms. The van der Waals surface area contributed by atoms with Gasteiger partial charge in [-0.05, 0) is 5.56 Å². The van der Waals surface area contributed by atoms with Gasteiger partial charge < -0.3 is 9.67 Å². The van der Waals surface area contributed by atoms with E-state index in [2.05, 4.69) is 0 Å². The number of aliphatic hydroxyl groups is 1. The molecule has 0 aliphatic heterocycles. The van der Waals surface area contributed by atoms with Crippen LogP contribution in [0, 0.1) is 0 Å². The van der Waals surface area contributed by atoms with Crippen LogP contribution in [0.1, 0.15) is 28.7 Å². The Hall–Kier alpha value is -1.70. The Morgan fingerprint density at radius 3 is 2.05 bits per heavy atom. The first kappa shape index (κ1) is 14.7. The average Bonchev–Trinajstić information content (AvgIpc) is 2.54. The summed E-state index contributed by atoms with van der Waals surface area (Å²) < 4.78 is 13.0. The summed E-state index contributed by atoms with van der Waals surface area (Å²) in [7, 11) is -3.41. The van der Waals surface area contributed by atoms with Gasteiger partial charge in [-0.25, -0.2) is 0 Å². The molecule has 2 rings (SSSR count). The van der Waals surface area contributed by atoms with Gasteiger partial charge in [0.2, 0.25) is 5.52 Å². The third-order valence-corrected chi connectivity index (χ3v) is 6.30. The Kier molecular flexibility index (Phi) is 4.53. The normalized spacial score (nSPS) is 15.3. The Morgan fingerprint density at radius 2 is 1.55 bits per heavy atom. The van der Waals surface area contributed by atoms with E-state index in [1.165, 1.54) is 0 Å². The van der Waals surface area contributed by atoms with Gasteiger partial charge in [0.05, 0.1) is 0 Å². The van der Waals surface area contributed by atoms with Gasteiger partial charge in [0.15, 0.2) is 7.14 Å². The number of hydrogen-bond acceptors (Lipinski definition) is 3. The van der Waals surface area contributed by atoms with Crippen molar-refractivity contribution in [2.75, 3.05) is 6.16 Å². The minimum atomic E-state index is -3.41. The topological polar surface area (TPSA) is 54.4 Å². The van der Waals surface area contributed by atoms with Crippen LogP contribution in [0.4, 0.5) is 0 Å². The lowest BCUT2D eigenvalue weighted by molar-refractivity contribution is 0.106. The molecule has 0 radical (unpaired) electrons. The number of rotatable bonds is 5. The van der Waals surface area contributed by atoms with Crippen LogP contribution in [0.2, 0.25) is 0 Å². The van der Waals surface area contributed by atoms with Crippen molar-refractivity contribution in [2.24, 2.45) is 0 Å². The summed E-state index contributed by atoms with van der Waals surface area (Å²) in [5, 5.41) is 10.4. The van der Waals surface area contributed by atoms with E-state index >= 15 is 0 Å². The van der Waals surface area contributed by atoms with Crippen molar-refractivity contribution < 1.29 is 14.5 Å². The van der Waals surface area contributed by atoms with Crippen molar-refractivity contribution in [3.63, 3.8) is 0 Å². The van der Waals surface area contributed by atoms with Crippen molar-refractivity contribution in [1.29, 1.82) is 0 Å². The molecule has 2 aromatic carbocycles. The van der Waals surface area contributed by atoms with Crippen molar-refractivity contribution in [1.82, 2.24) is 0 Å². The van der Waals surface area contributed by atoms with Crippen molar-refractivity contribution >= 4 is 12.7 Å². The van der Waals surface area contributed by atoms with Crippen LogP contribution in [-0.2, 0) is 4.57 Å². The van der Waals surface area contributed by atoms with Gasteiger partial charge in [0.1, 0.15) is 5.85 Å². The zero-order valence-corrected chi connectivity index (χ0v) is 12.2. The van der Waals surface area contributed by atoms with E-state index in [0.717, 1.165) is 0 Å². The molecule has 3 nitrogen and oxygen atoms in total. The van der Waals surface area contributed by atoms with Gasteiger partial charge in [0, 0.05) is 11.7 Å². The molecule has 0 aliphatic carbocycles. The molecule has 0 amide bonds. The standard InChI is InChI=1S/C16H17O3P/c1-2-20(19,15(17)13-9-5-3-6-10-13)16(18)14-11-7-4-8-12-14/h3-12,15,17H,2H2,1H3. The van der Waals surface area contributed by atoms with Gasteiger partial charge >= 0.3 is 0 Å². The Bertz CT molecular complexity index is 623. The summed E-state index contributed by atoms with van der Waals surface area (Å²) in [6, 6.07) is 17.2. The Balaban J connectivity index is 2.39. The van der Waals surface area contributed by atoms with Gasteiger partial charge in [-0.3, -0.25) is 4.79 Å². The largest absolute Gasteiger partial charge is 0.380 e. The summed E-state index contributed by atoms with van der Waals surface area (Å²) in [6.45, 7) is 1.67. The van der Waals surface area contributed by atoms with Crippen LogP contribution >= 0.6 is 7.14 Å². The molecule has 0 aromatic heterocycles. The highest BCUT2D eigenvalue weighted by molar-refractivity contribution is 7.81. The number of aliphatic hydroxyl groups excluding tert-OH is 1. The maximum atomic E-state index is 13.0. The van der Waals surface area contributed by atoms with Crippen LogP contribution in [0.25, 0.3) is 0 Å². The summed E-state index contributed by atoms with van der Waals surface area (Å²) >= 11 is 0. The maximum Gasteiger partial charge on any atom is 0.224 e. The molecule has 0 saturated heterocycles. The average molecular weight is 288 g/mol. The molecule has 0 fully saturated rings. The number of carbonyl (C=O) groups excluding carboxylic acids is 1. The molecule has 2 aromatic rings. The molecule has 20 heavy (non-hydrogen) atoms. The molecular formula is C16H17O3P. The second kappa shape index (κ2) is 6.17. The molecule has 0 aliphatic rings. The molecule has 0 heterocycles. The van der Waals surface area contributed by atoms with E-state index in [-0.39, 0.29) is 6.16 Å². The smallest absolute Gasteiger partial charge is 0.224 e. The van der Waals surface area contributed by atoms with Crippen molar-refractivity contribution in [3.05, 3.63) is 71.8 Å². The first-order valence-electron chi connectivity index (χ1n) is 6.51. The van der Waals surface area contributed by atoms with Crippen LogP contribution in [0.15, 0.2) is 60.7 Å². The van der Waals surface area contributed by atoms with E-state index < -0.39 is 18.5 Å². The SMILES string of the molecule is CCP(=O)(C(=O)c1ccccc1)C(O)c1ccccc1. The molecule has 104 valence electrons. The highest BCUT2D eigenvalue weighted by Crippen LogP contribution is 2.59. The van der Waals surface area contributed by atoms with Crippen molar-refractivity contribution in [2.45, 2.75) is 12.8 Å². The van der Waals surface area contributed by atoms with Gasteiger partial charge in [0.25, 0.3) is 0 Å².